The summed E-state index contributed by atoms with van der Waals surface area (Å²) < 4.78 is 1.13. The lowest BCUT2D eigenvalue weighted by molar-refractivity contribution is -0.119. The number of fused-ring (bicyclic) bond motifs is 2. The van der Waals surface area contributed by atoms with E-state index in [1.807, 2.05) is 24.3 Å². The van der Waals surface area contributed by atoms with Crippen LogP contribution in [0.15, 0.2) is 66.7 Å². The number of anilines is 1. The van der Waals surface area contributed by atoms with Crippen molar-refractivity contribution < 1.29 is 14.4 Å². The number of aromatic nitrogens is 1. The van der Waals surface area contributed by atoms with Crippen LogP contribution in [-0.2, 0) is 4.79 Å². The maximum Gasteiger partial charge on any atom is 0.262 e. The van der Waals surface area contributed by atoms with Crippen LogP contribution in [0.25, 0.3) is 20.8 Å². The van der Waals surface area contributed by atoms with Crippen LogP contribution in [0.2, 0.25) is 0 Å². The Hall–Kier alpha value is -3.84. The summed E-state index contributed by atoms with van der Waals surface area (Å²) in [5.41, 5.74) is 4.34. The highest BCUT2D eigenvalue weighted by molar-refractivity contribution is 7.21. The third-order valence-electron chi connectivity index (χ3n) is 5.54. The highest BCUT2D eigenvalue weighted by Crippen LogP contribution is 2.31. The molecule has 1 aliphatic rings. The quantitative estimate of drug-likeness (QED) is 0.457. The molecule has 0 spiro atoms. The summed E-state index contributed by atoms with van der Waals surface area (Å²) in [5, 5.41) is 3.70. The zero-order valence-corrected chi connectivity index (χ0v) is 18.3. The smallest absolute Gasteiger partial charge is 0.262 e. The van der Waals surface area contributed by atoms with E-state index in [0.717, 1.165) is 25.7 Å². The molecule has 158 valence electrons. The van der Waals surface area contributed by atoms with Crippen LogP contribution in [0.5, 0.6) is 0 Å². The number of rotatable bonds is 4. The molecule has 3 aromatic carbocycles. The van der Waals surface area contributed by atoms with Gasteiger partial charge in [-0.1, -0.05) is 18.2 Å². The summed E-state index contributed by atoms with van der Waals surface area (Å²) in [6.45, 7) is 3.60. The van der Waals surface area contributed by atoms with Crippen LogP contribution in [-0.4, -0.2) is 33.6 Å². The number of imide groups is 1. The van der Waals surface area contributed by atoms with E-state index in [1.54, 1.807) is 54.7 Å². The minimum absolute atomic E-state index is 0.326. The van der Waals surface area contributed by atoms with Gasteiger partial charge in [0.1, 0.15) is 11.0 Å². The predicted molar refractivity (Wildman–Crippen MR) is 125 cm³/mol. The van der Waals surface area contributed by atoms with Crippen LogP contribution >= 0.6 is 11.3 Å². The molecular weight excluding hydrogens is 422 g/mol. The molecule has 1 N–H and O–H groups in total. The average Bonchev–Trinajstić information content (AvgIpc) is 3.32. The molecule has 0 radical (unpaired) electrons. The van der Waals surface area contributed by atoms with E-state index in [0.29, 0.717) is 16.8 Å². The zero-order chi connectivity index (χ0) is 22.4. The van der Waals surface area contributed by atoms with Crippen molar-refractivity contribution in [3.8, 4) is 10.6 Å². The summed E-state index contributed by atoms with van der Waals surface area (Å²) in [5.74, 6) is -1.33. The number of nitrogens with one attached hydrogen (secondary N) is 1. The standard InChI is InChI=1S/C25H19N3O3S/c1-14-7-12-20-21(13-14)32-23(27-20)16-8-10-17(11-9-16)26-22(29)15(2)28-24(30)18-5-3-4-6-19(18)25(28)31/h3-13,15H,1-2H3,(H,26,29)/t15-/m1/s1. The van der Waals surface area contributed by atoms with Gasteiger partial charge in [-0.05, 0) is 67.9 Å². The first kappa shape index (κ1) is 20.1. The number of benzene rings is 3. The Morgan fingerprint density at radius 2 is 1.62 bits per heavy atom. The second-order valence-corrected chi connectivity index (χ2v) is 8.79. The Morgan fingerprint density at radius 3 is 2.28 bits per heavy atom. The lowest BCUT2D eigenvalue weighted by Crippen LogP contribution is -2.45. The Kier molecular flexibility index (Phi) is 4.83. The monoisotopic (exact) mass is 441 g/mol. The number of carbonyl (C=O) groups excluding carboxylic acids is 3. The van der Waals surface area contributed by atoms with Crippen molar-refractivity contribution in [3.05, 3.63) is 83.4 Å². The summed E-state index contributed by atoms with van der Waals surface area (Å²) in [6, 6.07) is 19.2. The molecule has 1 aliphatic heterocycles. The zero-order valence-electron chi connectivity index (χ0n) is 17.5. The largest absolute Gasteiger partial charge is 0.324 e. The number of aryl methyl sites for hydroxylation is 1. The van der Waals surface area contributed by atoms with Gasteiger partial charge in [-0.3, -0.25) is 19.3 Å². The summed E-state index contributed by atoms with van der Waals surface area (Å²) >= 11 is 1.62. The fraction of sp³-hybridized carbons (Fsp3) is 0.120. The Bertz CT molecular complexity index is 1360. The Labute approximate surface area is 188 Å². The summed E-state index contributed by atoms with van der Waals surface area (Å²) in [7, 11) is 0. The number of thiazole rings is 1. The van der Waals surface area contributed by atoms with Gasteiger partial charge < -0.3 is 5.32 Å². The Balaban J connectivity index is 1.31. The van der Waals surface area contributed by atoms with Gasteiger partial charge in [0.25, 0.3) is 11.8 Å². The van der Waals surface area contributed by atoms with Crippen molar-refractivity contribution in [2.45, 2.75) is 19.9 Å². The van der Waals surface area contributed by atoms with Crippen LogP contribution in [0, 0.1) is 6.92 Å². The lowest BCUT2D eigenvalue weighted by atomic mass is 10.1. The van der Waals surface area contributed by atoms with Crippen molar-refractivity contribution in [3.63, 3.8) is 0 Å². The van der Waals surface area contributed by atoms with E-state index in [4.69, 9.17) is 0 Å². The van der Waals surface area contributed by atoms with Gasteiger partial charge in [0.2, 0.25) is 5.91 Å². The number of hydrogen-bond acceptors (Lipinski definition) is 5. The minimum Gasteiger partial charge on any atom is -0.324 e. The molecule has 6 nitrogen and oxygen atoms in total. The van der Waals surface area contributed by atoms with Gasteiger partial charge in [-0.2, -0.15) is 0 Å². The minimum atomic E-state index is -0.936. The molecule has 1 aromatic heterocycles. The van der Waals surface area contributed by atoms with Gasteiger partial charge in [0, 0.05) is 11.3 Å². The molecule has 0 fully saturated rings. The topological polar surface area (TPSA) is 79.4 Å². The first-order chi connectivity index (χ1) is 15.4. The SMILES string of the molecule is Cc1ccc2nc(-c3ccc(NC(=O)[C@@H](C)N4C(=O)c5ccccc5C4=O)cc3)sc2c1. The second-order valence-electron chi connectivity index (χ2n) is 7.76. The van der Waals surface area contributed by atoms with Gasteiger partial charge in [-0.25, -0.2) is 4.98 Å². The van der Waals surface area contributed by atoms with Crippen LogP contribution in [0.3, 0.4) is 0 Å². The van der Waals surface area contributed by atoms with E-state index >= 15 is 0 Å². The molecule has 0 saturated carbocycles. The van der Waals surface area contributed by atoms with Crippen LogP contribution in [0.1, 0.15) is 33.2 Å². The number of amides is 3. The third kappa shape index (κ3) is 3.36. The Morgan fingerprint density at radius 1 is 0.969 bits per heavy atom. The molecule has 1 atom stereocenters. The van der Waals surface area contributed by atoms with Crippen molar-refractivity contribution in [1.29, 1.82) is 0 Å². The first-order valence-corrected chi connectivity index (χ1v) is 11.0. The summed E-state index contributed by atoms with van der Waals surface area (Å²) in [4.78, 5) is 43.7. The molecular formula is C25H19N3O3S. The molecule has 0 aliphatic carbocycles. The van der Waals surface area contributed by atoms with Crippen LogP contribution in [0.4, 0.5) is 5.69 Å². The van der Waals surface area contributed by atoms with Crippen molar-refractivity contribution in [2.24, 2.45) is 0 Å². The molecule has 5 rings (SSSR count). The average molecular weight is 442 g/mol. The van der Waals surface area contributed by atoms with Gasteiger partial charge in [0.05, 0.1) is 21.3 Å². The first-order valence-electron chi connectivity index (χ1n) is 10.2. The van der Waals surface area contributed by atoms with Crippen LogP contribution < -0.4 is 5.32 Å². The third-order valence-corrected chi connectivity index (χ3v) is 6.60. The van der Waals surface area contributed by atoms with E-state index < -0.39 is 23.8 Å². The number of carbonyl (C=O) groups is 3. The fourth-order valence-corrected chi connectivity index (χ4v) is 4.84. The highest BCUT2D eigenvalue weighted by atomic mass is 32.1. The highest BCUT2D eigenvalue weighted by Gasteiger charge is 2.40. The fourth-order valence-electron chi connectivity index (χ4n) is 3.78. The molecule has 0 unspecified atom stereocenters. The molecule has 0 saturated heterocycles. The predicted octanol–water partition coefficient (Wildman–Crippen LogP) is 4.89. The van der Waals surface area contributed by atoms with Gasteiger partial charge in [0.15, 0.2) is 0 Å². The van der Waals surface area contributed by atoms with E-state index in [1.165, 1.54) is 5.56 Å². The number of nitrogens with zero attached hydrogens (tertiary/aromatic N) is 2. The molecule has 7 heteroatoms. The van der Waals surface area contributed by atoms with Gasteiger partial charge >= 0.3 is 0 Å². The molecule has 0 bridgehead atoms. The number of hydrogen-bond donors (Lipinski definition) is 1. The van der Waals surface area contributed by atoms with Crippen molar-refractivity contribution in [1.82, 2.24) is 9.88 Å². The lowest BCUT2D eigenvalue weighted by Gasteiger charge is -2.21. The van der Waals surface area contributed by atoms with E-state index in [9.17, 15) is 14.4 Å². The molecule has 3 amide bonds. The van der Waals surface area contributed by atoms with Gasteiger partial charge in [-0.15, -0.1) is 11.3 Å². The maximum atomic E-state index is 12.8. The normalized spacial score (nSPS) is 14.0. The van der Waals surface area contributed by atoms with Crippen molar-refractivity contribution >= 4 is 45.0 Å². The summed E-state index contributed by atoms with van der Waals surface area (Å²) in [6.07, 6.45) is 0. The molecule has 2 heterocycles. The molecule has 32 heavy (non-hydrogen) atoms. The van der Waals surface area contributed by atoms with E-state index in [2.05, 4.69) is 23.3 Å². The van der Waals surface area contributed by atoms with E-state index in [-0.39, 0.29) is 0 Å². The second kappa shape index (κ2) is 7.69. The maximum absolute atomic E-state index is 12.8. The van der Waals surface area contributed by atoms with Crippen molar-refractivity contribution in [2.75, 3.05) is 5.32 Å². The molecule has 4 aromatic rings.